The van der Waals surface area contributed by atoms with E-state index >= 15 is 0 Å². The fourth-order valence-electron chi connectivity index (χ4n) is 2.10. The smallest absolute Gasteiger partial charge is 0.237 e. The lowest BCUT2D eigenvalue weighted by Crippen LogP contribution is -2.23. The van der Waals surface area contributed by atoms with Crippen molar-refractivity contribution in [2.45, 2.75) is 12.2 Å². The lowest BCUT2D eigenvalue weighted by molar-refractivity contribution is -0.115. The van der Waals surface area contributed by atoms with E-state index in [1.54, 1.807) is 11.8 Å². The number of thioether (sulfide) groups is 2. The second-order valence-electron chi connectivity index (χ2n) is 4.81. The van der Waals surface area contributed by atoms with Crippen molar-refractivity contribution in [1.29, 1.82) is 0 Å². The number of hydrogen-bond acceptors (Lipinski definition) is 4. The number of hydrogen-bond donors (Lipinski definition) is 1. The molecule has 0 aromatic heterocycles. The van der Waals surface area contributed by atoms with Gasteiger partial charge >= 0.3 is 0 Å². The van der Waals surface area contributed by atoms with Crippen LogP contribution in [0.3, 0.4) is 0 Å². The molecule has 0 bridgehead atoms. The van der Waals surface area contributed by atoms with E-state index in [1.807, 2.05) is 43.3 Å². The molecule has 3 rings (SSSR count). The van der Waals surface area contributed by atoms with E-state index in [0.717, 1.165) is 27.7 Å². The normalized spacial score (nSPS) is 15.8. The monoisotopic (exact) mass is 316 g/mol. The molecule has 3 nitrogen and oxygen atoms in total. The molecule has 2 aromatic carbocycles. The van der Waals surface area contributed by atoms with Crippen LogP contribution in [0.1, 0.15) is 6.92 Å². The standard InChI is InChI=1S/C16H16N2OS2/c1-11(21-16-17-8-9-20-16)15(19)18-14-7-6-12-4-2-3-5-13(12)10-14/h2-7,10-11H,8-9H2,1H3,(H,18,19)/t11-/m1/s1. The van der Waals surface area contributed by atoms with Gasteiger partial charge < -0.3 is 5.32 Å². The zero-order chi connectivity index (χ0) is 14.7. The van der Waals surface area contributed by atoms with Gasteiger partial charge in [-0.15, -0.1) is 0 Å². The maximum Gasteiger partial charge on any atom is 0.237 e. The van der Waals surface area contributed by atoms with Crippen LogP contribution < -0.4 is 5.32 Å². The van der Waals surface area contributed by atoms with Gasteiger partial charge in [-0.1, -0.05) is 53.9 Å². The van der Waals surface area contributed by atoms with E-state index in [2.05, 4.69) is 16.4 Å². The summed E-state index contributed by atoms with van der Waals surface area (Å²) in [6, 6.07) is 14.1. The highest BCUT2D eigenvalue weighted by molar-refractivity contribution is 8.39. The number of benzene rings is 2. The van der Waals surface area contributed by atoms with Crippen LogP contribution in [0.15, 0.2) is 47.5 Å². The SMILES string of the molecule is C[C@@H](SC1=NCCS1)C(=O)Nc1ccc2ccccc2c1. The van der Waals surface area contributed by atoms with Gasteiger partial charge in [0.05, 0.1) is 11.8 Å². The number of aliphatic imine (C=N–C) groups is 1. The van der Waals surface area contributed by atoms with E-state index in [0.29, 0.717) is 0 Å². The average Bonchev–Trinajstić information content (AvgIpc) is 3.00. The lowest BCUT2D eigenvalue weighted by atomic mass is 10.1. The Morgan fingerprint density at radius 2 is 2.10 bits per heavy atom. The lowest BCUT2D eigenvalue weighted by Gasteiger charge is -2.12. The molecule has 5 heteroatoms. The molecule has 0 spiro atoms. The highest BCUT2D eigenvalue weighted by Gasteiger charge is 2.18. The summed E-state index contributed by atoms with van der Waals surface area (Å²) in [6.45, 7) is 2.79. The van der Waals surface area contributed by atoms with Crippen LogP contribution in [0.2, 0.25) is 0 Å². The van der Waals surface area contributed by atoms with Crippen molar-refractivity contribution in [3.05, 3.63) is 42.5 Å². The molecule has 2 aromatic rings. The molecular weight excluding hydrogens is 300 g/mol. The van der Waals surface area contributed by atoms with Crippen LogP contribution in [-0.2, 0) is 4.79 Å². The second-order valence-corrected chi connectivity index (χ2v) is 7.48. The molecule has 21 heavy (non-hydrogen) atoms. The molecule has 0 saturated carbocycles. The van der Waals surface area contributed by atoms with Crippen LogP contribution in [0, 0.1) is 0 Å². The van der Waals surface area contributed by atoms with Gasteiger partial charge in [-0.3, -0.25) is 9.79 Å². The summed E-state index contributed by atoms with van der Waals surface area (Å²) in [7, 11) is 0. The van der Waals surface area contributed by atoms with Gasteiger partial charge in [0.15, 0.2) is 0 Å². The minimum Gasteiger partial charge on any atom is -0.325 e. The molecule has 1 aliphatic rings. The highest BCUT2D eigenvalue weighted by Crippen LogP contribution is 2.26. The zero-order valence-electron chi connectivity index (χ0n) is 11.7. The molecule has 1 atom stereocenters. The molecule has 1 aliphatic heterocycles. The van der Waals surface area contributed by atoms with Crippen molar-refractivity contribution >= 4 is 50.3 Å². The fourth-order valence-corrected chi connectivity index (χ4v) is 4.23. The van der Waals surface area contributed by atoms with Crippen LogP contribution >= 0.6 is 23.5 Å². The fraction of sp³-hybridized carbons (Fsp3) is 0.250. The summed E-state index contributed by atoms with van der Waals surface area (Å²) in [5.74, 6) is 1.05. The zero-order valence-corrected chi connectivity index (χ0v) is 13.3. The first-order valence-corrected chi connectivity index (χ1v) is 8.72. The second kappa shape index (κ2) is 6.54. The third kappa shape index (κ3) is 3.60. The molecule has 0 saturated heterocycles. The number of nitrogens with one attached hydrogen (secondary N) is 1. The van der Waals surface area contributed by atoms with Gasteiger partial charge in [-0.05, 0) is 29.8 Å². The largest absolute Gasteiger partial charge is 0.325 e. The molecule has 1 N–H and O–H groups in total. The Bertz CT molecular complexity index is 699. The van der Waals surface area contributed by atoms with Gasteiger partial charge in [0, 0.05) is 11.4 Å². The van der Waals surface area contributed by atoms with E-state index < -0.39 is 0 Å². The Kier molecular flexibility index (Phi) is 4.51. The first kappa shape index (κ1) is 14.5. The molecule has 0 fully saturated rings. The Balaban J connectivity index is 1.67. The number of amides is 1. The van der Waals surface area contributed by atoms with Crippen molar-refractivity contribution < 1.29 is 4.79 Å². The van der Waals surface area contributed by atoms with Gasteiger partial charge in [0.25, 0.3) is 0 Å². The summed E-state index contributed by atoms with van der Waals surface area (Å²) in [4.78, 5) is 16.6. The van der Waals surface area contributed by atoms with Gasteiger partial charge in [-0.25, -0.2) is 0 Å². The molecule has 0 unspecified atom stereocenters. The summed E-state index contributed by atoms with van der Waals surface area (Å²) < 4.78 is 1.02. The van der Waals surface area contributed by atoms with Crippen molar-refractivity contribution in [2.75, 3.05) is 17.6 Å². The summed E-state index contributed by atoms with van der Waals surface area (Å²) in [5.41, 5.74) is 0.840. The quantitative estimate of drug-likeness (QED) is 0.930. The Morgan fingerprint density at radius 3 is 2.86 bits per heavy atom. The first-order valence-electron chi connectivity index (χ1n) is 6.86. The van der Waals surface area contributed by atoms with E-state index in [4.69, 9.17) is 0 Å². The van der Waals surface area contributed by atoms with E-state index in [-0.39, 0.29) is 11.2 Å². The van der Waals surface area contributed by atoms with Gasteiger partial charge in [0.1, 0.15) is 4.38 Å². The first-order chi connectivity index (χ1) is 10.2. The summed E-state index contributed by atoms with van der Waals surface area (Å²) in [6.07, 6.45) is 0. The number of carbonyl (C=O) groups excluding carboxylic acids is 1. The maximum absolute atomic E-state index is 12.2. The third-order valence-electron chi connectivity index (χ3n) is 3.22. The molecular formula is C16H16N2OS2. The number of rotatable bonds is 3. The molecule has 0 aliphatic carbocycles. The summed E-state index contributed by atoms with van der Waals surface area (Å²) in [5, 5.41) is 5.15. The highest BCUT2D eigenvalue weighted by atomic mass is 32.2. The number of anilines is 1. The van der Waals surface area contributed by atoms with Crippen LogP contribution in [0.25, 0.3) is 10.8 Å². The number of carbonyl (C=O) groups is 1. The van der Waals surface area contributed by atoms with Crippen LogP contribution in [0.4, 0.5) is 5.69 Å². The predicted molar refractivity (Wildman–Crippen MR) is 94.4 cm³/mol. The summed E-state index contributed by atoms with van der Waals surface area (Å²) >= 11 is 3.27. The van der Waals surface area contributed by atoms with Gasteiger partial charge in [0.2, 0.25) is 5.91 Å². The molecule has 0 radical (unpaired) electrons. The molecule has 108 valence electrons. The minimum absolute atomic E-state index is 0.0190. The predicted octanol–water partition coefficient (Wildman–Crippen LogP) is 4.00. The Labute approximate surface area is 132 Å². The molecule has 1 amide bonds. The molecule has 1 heterocycles. The van der Waals surface area contributed by atoms with Crippen molar-refractivity contribution in [2.24, 2.45) is 4.99 Å². The van der Waals surface area contributed by atoms with Crippen molar-refractivity contribution in [1.82, 2.24) is 0 Å². The van der Waals surface area contributed by atoms with Gasteiger partial charge in [-0.2, -0.15) is 0 Å². The average molecular weight is 316 g/mol. The minimum atomic E-state index is -0.138. The maximum atomic E-state index is 12.2. The van der Waals surface area contributed by atoms with Crippen LogP contribution in [0.5, 0.6) is 0 Å². The van der Waals surface area contributed by atoms with E-state index in [9.17, 15) is 4.79 Å². The van der Waals surface area contributed by atoms with Crippen molar-refractivity contribution in [3.8, 4) is 0 Å². The number of fused-ring (bicyclic) bond motifs is 1. The van der Waals surface area contributed by atoms with E-state index in [1.165, 1.54) is 17.1 Å². The third-order valence-corrected chi connectivity index (χ3v) is 5.52. The van der Waals surface area contributed by atoms with Crippen LogP contribution in [-0.4, -0.2) is 27.8 Å². The Morgan fingerprint density at radius 1 is 1.29 bits per heavy atom. The Hall–Kier alpha value is -1.46. The van der Waals surface area contributed by atoms with Crippen molar-refractivity contribution in [3.63, 3.8) is 0 Å². The topological polar surface area (TPSA) is 41.5 Å². The number of nitrogens with zero attached hydrogens (tertiary/aromatic N) is 1.